The van der Waals surface area contributed by atoms with E-state index < -0.39 is 51.9 Å². The van der Waals surface area contributed by atoms with Gasteiger partial charge in [0.1, 0.15) is 17.1 Å². The summed E-state index contributed by atoms with van der Waals surface area (Å²) in [5.41, 5.74) is -1.41. The minimum absolute atomic E-state index is 0.282. The van der Waals surface area contributed by atoms with Crippen LogP contribution in [0.25, 0.3) is 0 Å². The molecule has 2 amide bonds. The van der Waals surface area contributed by atoms with Crippen LogP contribution >= 0.6 is 11.6 Å². The van der Waals surface area contributed by atoms with Crippen LogP contribution in [0.4, 0.5) is 28.0 Å². The maximum absolute atomic E-state index is 14.4. The van der Waals surface area contributed by atoms with Crippen LogP contribution in [0.2, 0.25) is 5.02 Å². The van der Waals surface area contributed by atoms with Crippen molar-refractivity contribution in [1.82, 2.24) is 4.98 Å². The van der Waals surface area contributed by atoms with Crippen LogP contribution in [-0.4, -0.2) is 17.0 Å². The molecular weight excluding hydrogens is 420 g/mol. The third kappa shape index (κ3) is 3.88. The number of anilines is 1. The van der Waals surface area contributed by atoms with Crippen LogP contribution in [0.5, 0.6) is 11.6 Å². The zero-order valence-electron chi connectivity index (χ0n) is 14.8. The molecule has 0 saturated carbocycles. The van der Waals surface area contributed by atoms with Gasteiger partial charge in [-0.25, -0.2) is 19.1 Å². The van der Waals surface area contributed by atoms with Crippen LogP contribution in [0.15, 0.2) is 41.8 Å². The van der Waals surface area contributed by atoms with Crippen molar-refractivity contribution in [1.29, 1.82) is 0 Å². The number of carbonyl (C=O) groups is 2. The van der Waals surface area contributed by atoms with Crippen LogP contribution in [0.3, 0.4) is 0 Å². The number of pyridine rings is 1. The lowest BCUT2D eigenvalue weighted by Gasteiger charge is -2.16. The molecule has 0 atom stereocenters. The molecule has 0 bridgehead atoms. The number of cyclic esters (lactones) is 1. The molecule has 3 rings (SSSR count). The second-order valence-corrected chi connectivity index (χ2v) is 6.43. The molecule has 1 saturated heterocycles. The van der Waals surface area contributed by atoms with E-state index in [2.05, 4.69) is 4.98 Å². The van der Waals surface area contributed by atoms with E-state index in [9.17, 15) is 27.2 Å². The highest BCUT2D eigenvalue weighted by atomic mass is 35.5. The first-order chi connectivity index (χ1) is 13.5. The lowest BCUT2D eigenvalue weighted by molar-refractivity contribution is -0.138. The lowest BCUT2D eigenvalue weighted by Crippen LogP contribution is -2.29. The second-order valence-electron chi connectivity index (χ2n) is 6.03. The Bertz CT molecular complexity index is 1050. The van der Waals surface area contributed by atoms with Crippen molar-refractivity contribution in [2.75, 3.05) is 4.90 Å². The van der Waals surface area contributed by atoms with Crippen molar-refractivity contribution in [3.8, 4) is 11.6 Å². The smallest absolute Gasteiger partial charge is 0.427 e. The molecule has 0 spiro atoms. The molecule has 6 nitrogen and oxygen atoms in total. The van der Waals surface area contributed by atoms with E-state index in [0.717, 1.165) is 24.4 Å². The van der Waals surface area contributed by atoms with Crippen molar-refractivity contribution >= 4 is 29.3 Å². The second kappa shape index (κ2) is 7.36. The Balaban J connectivity index is 2.06. The van der Waals surface area contributed by atoms with Gasteiger partial charge in [0.15, 0.2) is 5.76 Å². The summed E-state index contributed by atoms with van der Waals surface area (Å²) >= 11 is 5.87. The number of halogens is 5. The maximum atomic E-state index is 14.4. The summed E-state index contributed by atoms with van der Waals surface area (Å²) in [7, 11) is 0. The number of ether oxygens (including phenoxy) is 2. The molecular formula is C18H11ClF4N2O4. The predicted molar refractivity (Wildman–Crippen MR) is 93.1 cm³/mol. The first kappa shape index (κ1) is 20.6. The fraction of sp³-hybridized carbons (Fsp3) is 0.167. The number of allylic oxidation sites excluding steroid dienone is 1. The van der Waals surface area contributed by atoms with Gasteiger partial charge in [0, 0.05) is 12.3 Å². The van der Waals surface area contributed by atoms with Crippen molar-refractivity contribution in [2.45, 2.75) is 20.0 Å². The summed E-state index contributed by atoms with van der Waals surface area (Å²) in [6, 6.07) is 3.32. The summed E-state index contributed by atoms with van der Waals surface area (Å²) in [6.45, 7) is 3.02. The number of hydrogen-bond donors (Lipinski definition) is 0. The Hall–Kier alpha value is -3.14. The zero-order chi connectivity index (χ0) is 21.5. The molecule has 1 aromatic carbocycles. The SMILES string of the molecule is CC(C)=C1OC(=O)N(c2cc(Oc3ncccc3C(F)(F)F)c(Cl)cc2F)C1=O. The van der Waals surface area contributed by atoms with Gasteiger partial charge in [0.2, 0.25) is 5.88 Å². The number of nitrogens with zero attached hydrogens (tertiary/aromatic N) is 2. The molecule has 0 unspecified atom stereocenters. The molecule has 1 aliphatic heterocycles. The van der Waals surface area contributed by atoms with Gasteiger partial charge in [-0.15, -0.1) is 0 Å². The molecule has 0 N–H and O–H groups in total. The van der Waals surface area contributed by atoms with Crippen molar-refractivity contribution in [3.63, 3.8) is 0 Å². The Morgan fingerprint density at radius 3 is 2.52 bits per heavy atom. The maximum Gasteiger partial charge on any atom is 0.427 e. The number of hydrogen-bond acceptors (Lipinski definition) is 5. The number of alkyl halides is 3. The Labute approximate surface area is 166 Å². The third-order valence-corrected chi connectivity index (χ3v) is 4.04. The van der Waals surface area contributed by atoms with E-state index >= 15 is 0 Å². The zero-order valence-corrected chi connectivity index (χ0v) is 15.6. The number of benzene rings is 1. The average molecular weight is 431 g/mol. The van der Waals surface area contributed by atoms with Gasteiger partial charge in [-0.1, -0.05) is 11.6 Å². The summed E-state index contributed by atoms with van der Waals surface area (Å²) in [5.74, 6) is -3.58. The van der Waals surface area contributed by atoms with E-state index in [0.29, 0.717) is 16.5 Å². The van der Waals surface area contributed by atoms with E-state index in [4.69, 9.17) is 21.1 Å². The molecule has 1 aliphatic rings. The molecule has 152 valence electrons. The minimum Gasteiger partial charge on any atom is -0.437 e. The van der Waals surface area contributed by atoms with Gasteiger partial charge < -0.3 is 9.47 Å². The Morgan fingerprint density at radius 2 is 1.93 bits per heavy atom. The summed E-state index contributed by atoms with van der Waals surface area (Å²) in [4.78, 5) is 28.3. The monoisotopic (exact) mass is 430 g/mol. The Morgan fingerprint density at radius 1 is 1.24 bits per heavy atom. The van der Waals surface area contributed by atoms with Crippen molar-refractivity contribution in [2.24, 2.45) is 0 Å². The topological polar surface area (TPSA) is 68.7 Å². The molecule has 29 heavy (non-hydrogen) atoms. The molecule has 11 heteroatoms. The van der Waals surface area contributed by atoms with Gasteiger partial charge in [-0.3, -0.25) is 4.79 Å². The highest BCUT2D eigenvalue weighted by molar-refractivity contribution is 6.32. The molecule has 0 aliphatic carbocycles. The predicted octanol–water partition coefficient (Wildman–Crippen LogP) is 5.46. The average Bonchev–Trinajstić information content (AvgIpc) is 2.92. The van der Waals surface area contributed by atoms with Gasteiger partial charge in [-0.05, 0) is 37.6 Å². The van der Waals surface area contributed by atoms with Crippen LogP contribution in [0, 0.1) is 5.82 Å². The largest absolute Gasteiger partial charge is 0.437 e. The standard InChI is InChI=1S/C18H11ClF4N2O4/c1-8(2)14-16(26)25(17(27)29-14)12-7-13(10(19)6-11(12)20)28-15-9(18(21,22)23)4-3-5-24-15/h3-7H,1-2H3. The molecule has 2 aromatic rings. The quantitative estimate of drug-likeness (QED) is 0.477. The van der Waals surface area contributed by atoms with Crippen molar-refractivity contribution in [3.05, 3.63) is 58.2 Å². The fourth-order valence-electron chi connectivity index (χ4n) is 2.44. The molecule has 2 heterocycles. The van der Waals surface area contributed by atoms with Crippen LogP contribution in [-0.2, 0) is 15.7 Å². The highest BCUT2D eigenvalue weighted by Crippen LogP contribution is 2.41. The minimum atomic E-state index is -4.77. The van der Waals surface area contributed by atoms with Crippen LogP contribution in [0.1, 0.15) is 19.4 Å². The molecule has 1 aromatic heterocycles. The number of carbonyl (C=O) groups excluding carboxylic acids is 2. The fourth-order valence-corrected chi connectivity index (χ4v) is 2.63. The van der Waals surface area contributed by atoms with E-state index in [1.807, 2.05) is 0 Å². The lowest BCUT2D eigenvalue weighted by atomic mass is 10.2. The normalized spacial score (nSPS) is 14.3. The van der Waals surface area contributed by atoms with Gasteiger partial charge in [-0.2, -0.15) is 13.2 Å². The number of rotatable bonds is 3. The van der Waals surface area contributed by atoms with E-state index in [1.165, 1.54) is 13.8 Å². The molecule has 0 radical (unpaired) electrons. The third-order valence-electron chi connectivity index (χ3n) is 3.75. The van der Waals surface area contributed by atoms with E-state index in [-0.39, 0.29) is 5.76 Å². The molecule has 1 fully saturated rings. The highest BCUT2D eigenvalue weighted by Gasteiger charge is 2.40. The summed E-state index contributed by atoms with van der Waals surface area (Å²) in [6.07, 6.45) is -4.88. The first-order valence-corrected chi connectivity index (χ1v) is 8.31. The van der Waals surface area contributed by atoms with Gasteiger partial charge in [0.05, 0.1) is 10.7 Å². The first-order valence-electron chi connectivity index (χ1n) is 7.93. The Kier molecular flexibility index (Phi) is 5.22. The number of amides is 2. The van der Waals surface area contributed by atoms with E-state index in [1.54, 1.807) is 0 Å². The number of aromatic nitrogens is 1. The van der Waals surface area contributed by atoms with Crippen molar-refractivity contribution < 1.29 is 36.6 Å². The summed E-state index contributed by atoms with van der Waals surface area (Å²) < 4.78 is 63.8. The number of imide groups is 1. The van der Waals surface area contributed by atoms with Gasteiger partial charge in [0.25, 0.3) is 0 Å². The summed E-state index contributed by atoms with van der Waals surface area (Å²) in [5, 5.41) is -0.396. The van der Waals surface area contributed by atoms with Gasteiger partial charge >= 0.3 is 18.2 Å². The van der Waals surface area contributed by atoms with Crippen LogP contribution < -0.4 is 9.64 Å².